The summed E-state index contributed by atoms with van der Waals surface area (Å²) in [5, 5.41) is 14.3. The number of aromatic nitrogens is 4. The molecule has 0 fully saturated rings. The summed E-state index contributed by atoms with van der Waals surface area (Å²) in [6, 6.07) is 15.1. The highest BCUT2D eigenvalue weighted by molar-refractivity contribution is 7.98. The predicted octanol–water partition coefficient (Wildman–Crippen LogP) is 5.80. The van der Waals surface area contributed by atoms with Crippen molar-refractivity contribution in [3.63, 3.8) is 0 Å². The van der Waals surface area contributed by atoms with E-state index >= 15 is 0 Å². The van der Waals surface area contributed by atoms with Crippen LogP contribution in [0.3, 0.4) is 0 Å². The van der Waals surface area contributed by atoms with Crippen molar-refractivity contribution in [3.8, 4) is 17.2 Å². The maximum atomic E-state index is 6.09. The summed E-state index contributed by atoms with van der Waals surface area (Å²) in [5.74, 6) is 3.70. The van der Waals surface area contributed by atoms with Crippen molar-refractivity contribution in [1.82, 2.24) is 19.9 Å². The Bertz CT molecular complexity index is 1150. The molecule has 2 heterocycles. The molecule has 166 valence electrons. The van der Waals surface area contributed by atoms with Gasteiger partial charge in [0.25, 0.3) is 0 Å². The molecule has 0 aliphatic heterocycles. The van der Waals surface area contributed by atoms with Gasteiger partial charge in [0.2, 0.25) is 0 Å². The molecule has 0 aliphatic rings. The second kappa shape index (κ2) is 10.1. The van der Waals surface area contributed by atoms with E-state index in [0.29, 0.717) is 23.2 Å². The largest absolute Gasteiger partial charge is 0.494 e. The first kappa shape index (κ1) is 22.2. The lowest BCUT2D eigenvalue weighted by Crippen LogP contribution is -2.06. The lowest BCUT2D eigenvalue weighted by Gasteiger charge is -2.12. The summed E-state index contributed by atoms with van der Waals surface area (Å²) in [7, 11) is 0. The van der Waals surface area contributed by atoms with Gasteiger partial charge < -0.3 is 14.0 Å². The predicted molar refractivity (Wildman–Crippen MR) is 124 cm³/mol. The molecule has 32 heavy (non-hydrogen) atoms. The summed E-state index contributed by atoms with van der Waals surface area (Å²) in [5.41, 5.74) is 2.85. The average molecular weight is 471 g/mol. The highest BCUT2D eigenvalue weighted by Crippen LogP contribution is 2.29. The van der Waals surface area contributed by atoms with Crippen molar-refractivity contribution >= 4 is 23.4 Å². The summed E-state index contributed by atoms with van der Waals surface area (Å²) < 4.78 is 18.7. The number of hydrogen-bond acceptors (Lipinski definition) is 7. The molecular weight excluding hydrogens is 448 g/mol. The number of thioether (sulfide) groups is 1. The molecule has 0 spiro atoms. The maximum absolute atomic E-state index is 6.09. The Labute approximate surface area is 195 Å². The summed E-state index contributed by atoms with van der Waals surface area (Å²) in [4.78, 5) is 0. The number of ether oxygens (including phenoxy) is 2. The fourth-order valence-electron chi connectivity index (χ4n) is 3.13. The normalized spacial score (nSPS) is 11.0. The Morgan fingerprint density at radius 1 is 0.969 bits per heavy atom. The Hall–Kier alpha value is -2.97. The van der Waals surface area contributed by atoms with Crippen molar-refractivity contribution in [2.75, 3.05) is 6.61 Å². The van der Waals surface area contributed by atoms with Gasteiger partial charge in [0, 0.05) is 22.0 Å². The molecule has 0 N–H and O–H groups in total. The van der Waals surface area contributed by atoms with Crippen LogP contribution in [0.4, 0.5) is 0 Å². The van der Waals surface area contributed by atoms with E-state index < -0.39 is 0 Å². The van der Waals surface area contributed by atoms with Crippen LogP contribution < -0.4 is 9.47 Å². The van der Waals surface area contributed by atoms with Crippen molar-refractivity contribution < 1.29 is 14.0 Å². The average Bonchev–Trinajstić information content (AvgIpc) is 3.35. The molecule has 7 nitrogen and oxygen atoms in total. The molecule has 0 bridgehead atoms. The first-order chi connectivity index (χ1) is 15.5. The minimum Gasteiger partial charge on any atom is -0.494 e. The third-order valence-corrected chi connectivity index (χ3v) is 6.02. The lowest BCUT2D eigenvalue weighted by atomic mass is 10.2. The van der Waals surface area contributed by atoms with Crippen molar-refractivity contribution in [2.45, 2.75) is 38.3 Å². The third-order valence-electron chi connectivity index (χ3n) is 4.81. The van der Waals surface area contributed by atoms with Gasteiger partial charge in [0.1, 0.15) is 23.9 Å². The molecule has 4 rings (SSSR count). The van der Waals surface area contributed by atoms with Crippen LogP contribution in [-0.2, 0) is 12.4 Å². The Morgan fingerprint density at radius 2 is 1.66 bits per heavy atom. The van der Waals surface area contributed by atoms with Gasteiger partial charge in [-0.1, -0.05) is 28.5 Å². The number of nitrogens with zero attached hydrogens (tertiary/aromatic N) is 4. The van der Waals surface area contributed by atoms with Gasteiger partial charge in [-0.3, -0.25) is 4.57 Å². The van der Waals surface area contributed by atoms with Gasteiger partial charge >= 0.3 is 0 Å². The molecule has 0 saturated heterocycles. The molecule has 0 saturated carbocycles. The Morgan fingerprint density at radius 3 is 2.28 bits per heavy atom. The van der Waals surface area contributed by atoms with Gasteiger partial charge in [-0.05, 0) is 69.3 Å². The minimum absolute atomic E-state index is 0.259. The standard InChI is InChI=1S/C23H23ClN4O3S/c1-4-29-19-9-11-20(12-10-19)30-13-22-25-26-23(28(22)18-7-5-17(24)6-8-18)32-14-21-15(2)27-31-16(21)3/h5-12H,4,13-14H2,1-3H3. The van der Waals surface area contributed by atoms with Crippen molar-refractivity contribution in [2.24, 2.45) is 0 Å². The van der Waals surface area contributed by atoms with Crippen molar-refractivity contribution in [3.05, 3.63) is 76.4 Å². The van der Waals surface area contributed by atoms with Crippen LogP contribution in [0.1, 0.15) is 29.8 Å². The molecule has 0 amide bonds. The van der Waals surface area contributed by atoms with Crippen molar-refractivity contribution in [1.29, 1.82) is 0 Å². The summed E-state index contributed by atoms with van der Waals surface area (Å²) >= 11 is 7.66. The Balaban J connectivity index is 1.56. The maximum Gasteiger partial charge on any atom is 0.196 e. The molecule has 0 atom stereocenters. The van der Waals surface area contributed by atoms with E-state index in [1.165, 1.54) is 0 Å². The van der Waals surface area contributed by atoms with E-state index in [4.69, 9.17) is 25.6 Å². The zero-order valence-corrected chi connectivity index (χ0v) is 19.6. The van der Waals surface area contributed by atoms with E-state index in [2.05, 4.69) is 15.4 Å². The second-order valence-corrected chi connectivity index (χ2v) is 8.37. The number of benzene rings is 2. The molecule has 2 aromatic heterocycles. The molecule has 2 aromatic carbocycles. The van der Waals surface area contributed by atoms with Gasteiger partial charge in [-0.2, -0.15) is 0 Å². The van der Waals surface area contributed by atoms with E-state index in [-0.39, 0.29) is 6.61 Å². The summed E-state index contributed by atoms with van der Waals surface area (Å²) in [6.45, 7) is 6.69. The fraction of sp³-hybridized carbons (Fsp3) is 0.261. The van der Waals surface area contributed by atoms with Gasteiger partial charge in [-0.25, -0.2) is 0 Å². The number of halogens is 1. The third kappa shape index (κ3) is 5.08. The topological polar surface area (TPSA) is 75.2 Å². The zero-order chi connectivity index (χ0) is 22.5. The number of rotatable bonds is 9. The van der Waals surface area contributed by atoms with Gasteiger partial charge in [-0.15, -0.1) is 10.2 Å². The monoisotopic (exact) mass is 470 g/mol. The lowest BCUT2D eigenvalue weighted by molar-refractivity contribution is 0.291. The van der Waals surface area contributed by atoms with Crippen LogP contribution in [0.25, 0.3) is 5.69 Å². The molecule has 4 aromatic rings. The van der Waals surface area contributed by atoms with Crippen LogP contribution in [0.2, 0.25) is 5.02 Å². The molecular formula is C23H23ClN4O3S. The first-order valence-corrected chi connectivity index (χ1v) is 11.5. The van der Waals surface area contributed by atoms with Gasteiger partial charge in [0.15, 0.2) is 11.0 Å². The SMILES string of the molecule is CCOc1ccc(OCc2nnc(SCc3c(C)noc3C)n2-c2ccc(Cl)cc2)cc1. The van der Waals surface area contributed by atoms with Crippen LogP contribution in [-0.4, -0.2) is 26.5 Å². The molecule has 0 unspecified atom stereocenters. The first-order valence-electron chi connectivity index (χ1n) is 10.2. The highest BCUT2D eigenvalue weighted by Gasteiger charge is 2.17. The van der Waals surface area contributed by atoms with E-state index in [1.54, 1.807) is 11.8 Å². The van der Waals surface area contributed by atoms with Crippen LogP contribution in [0.5, 0.6) is 11.5 Å². The number of hydrogen-bond donors (Lipinski definition) is 0. The van der Waals surface area contributed by atoms with Crippen LogP contribution >= 0.6 is 23.4 Å². The summed E-state index contributed by atoms with van der Waals surface area (Å²) in [6.07, 6.45) is 0. The van der Waals surface area contributed by atoms with E-state index in [1.807, 2.05) is 73.9 Å². The second-order valence-electron chi connectivity index (χ2n) is 7.00. The number of aryl methyl sites for hydroxylation is 2. The fourth-order valence-corrected chi connectivity index (χ4v) is 4.38. The van der Waals surface area contributed by atoms with Crippen LogP contribution in [0.15, 0.2) is 58.2 Å². The molecule has 0 aliphatic carbocycles. The van der Waals surface area contributed by atoms with Gasteiger partial charge in [0.05, 0.1) is 12.3 Å². The zero-order valence-electron chi connectivity index (χ0n) is 18.0. The minimum atomic E-state index is 0.259. The quantitative estimate of drug-likeness (QED) is 0.286. The molecule has 9 heteroatoms. The highest BCUT2D eigenvalue weighted by atomic mass is 35.5. The van der Waals surface area contributed by atoms with Crippen LogP contribution in [0, 0.1) is 13.8 Å². The van der Waals surface area contributed by atoms with E-state index in [0.717, 1.165) is 39.4 Å². The smallest absolute Gasteiger partial charge is 0.196 e. The Kier molecular flexibility index (Phi) is 7.02. The molecule has 0 radical (unpaired) electrons. The van der Waals surface area contributed by atoms with E-state index in [9.17, 15) is 0 Å².